The zero-order valence-corrected chi connectivity index (χ0v) is 13.8. The molecule has 0 saturated carbocycles. The number of nitrogens with one attached hydrogen (secondary N) is 1. The van der Waals surface area contributed by atoms with Gasteiger partial charge in [0.05, 0.1) is 25.7 Å². The Bertz CT molecular complexity index is 412. The largest absolute Gasteiger partial charge is 0.379 e. The van der Waals surface area contributed by atoms with Crippen LogP contribution in [0.3, 0.4) is 0 Å². The SMILES string of the molecule is O=C(CN1CCOCC1)N1CCN(C(=O)C2CCCNC2)CC1. The van der Waals surface area contributed by atoms with Gasteiger partial charge in [-0.25, -0.2) is 0 Å². The number of carbonyl (C=O) groups is 2. The van der Waals surface area contributed by atoms with E-state index in [1.165, 1.54) is 0 Å². The highest BCUT2D eigenvalue weighted by Crippen LogP contribution is 2.15. The fourth-order valence-corrected chi connectivity index (χ4v) is 3.55. The minimum absolute atomic E-state index is 0.124. The van der Waals surface area contributed by atoms with Crippen LogP contribution in [-0.4, -0.2) is 98.6 Å². The molecule has 7 heteroatoms. The summed E-state index contributed by atoms with van der Waals surface area (Å²) in [6.07, 6.45) is 2.07. The zero-order valence-electron chi connectivity index (χ0n) is 13.8. The van der Waals surface area contributed by atoms with Crippen molar-refractivity contribution in [3.05, 3.63) is 0 Å². The third-order valence-electron chi connectivity index (χ3n) is 5.05. The molecule has 0 aliphatic carbocycles. The third kappa shape index (κ3) is 4.43. The van der Waals surface area contributed by atoms with Gasteiger partial charge in [0.1, 0.15) is 0 Å². The fraction of sp³-hybridized carbons (Fsp3) is 0.875. The van der Waals surface area contributed by atoms with Crippen LogP contribution in [0.2, 0.25) is 0 Å². The maximum atomic E-state index is 12.5. The summed E-state index contributed by atoms with van der Waals surface area (Å²) < 4.78 is 5.31. The van der Waals surface area contributed by atoms with E-state index in [4.69, 9.17) is 4.74 Å². The van der Waals surface area contributed by atoms with E-state index in [0.29, 0.717) is 45.9 Å². The molecule has 1 atom stereocenters. The number of amides is 2. The van der Waals surface area contributed by atoms with Crippen molar-refractivity contribution in [2.75, 3.05) is 72.1 Å². The Morgan fingerprint density at radius 1 is 1.00 bits per heavy atom. The second-order valence-corrected chi connectivity index (χ2v) is 6.64. The topological polar surface area (TPSA) is 65.1 Å². The Hall–Kier alpha value is -1.18. The molecule has 0 spiro atoms. The van der Waals surface area contributed by atoms with Gasteiger partial charge in [-0.2, -0.15) is 0 Å². The molecule has 0 aromatic heterocycles. The number of hydrogen-bond acceptors (Lipinski definition) is 5. The summed E-state index contributed by atoms with van der Waals surface area (Å²) in [5, 5.41) is 3.30. The smallest absolute Gasteiger partial charge is 0.236 e. The lowest BCUT2D eigenvalue weighted by molar-refractivity contribution is -0.143. The van der Waals surface area contributed by atoms with Crippen molar-refractivity contribution < 1.29 is 14.3 Å². The van der Waals surface area contributed by atoms with Crippen LogP contribution in [0.1, 0.15) is 12.8 Å². The van der Waals surface area contributed by atoms with E-state index >= 15 is 0 Å². The van der Waals surface area contributed by atoms with Crippen LogP contribution in [0.5, 0.6) is 0 Å². The van der Waals surface area contributed by atoms with Crippen molar-refractivity contribution in [3.63, 3.8) is 0 Å². The monoisotopic (exact) mass is 324 g/mol. The summed E-state index contributed by atoms with van der Waals surface area (Å²) in [6.45, 7) is 8.05. The van der Waals surface area contributed by atoms with Crippen LogP contribution in [0.4, 0.5) is 0 Å². The molecule has 1 unspecified atom stereocenters. The molecule has 0 radical (unpaired) electrons. The molecule has 3 fully saturated rings. The molecular formula is C16H28N4O3. The number of rotatable bonds is 3. The van der Waals surface area contributed by atoms with E-state index in [1.54, 1.807) is 0 Å². The number of nitrogens with zero attached hydrogens (tertiary/aromatic N) is 3. The van der Waals surface area contributed by atoms with E-state index in [0.717, 1.165) is 39.0 Å². The highest BCUT2D eigenvalue weighted by Gasteiger charge is 2.30. The van der Waals surface area contributed by atoms with Crippen molar-refractivity contribution in [1.82, 2.24) is 20.0 Å². The van der Waals surface area contributed by atoms with Crippen LogP contribution in [-0.2, 0) is 14.3 Å². The van der Waals surface area contributed by atoms with Gasteiger partial charge in [-0.05, 0) is 19.4 Å². The van der Waals surface area contributed by atoms with Gasteiger partial charge in [-0.15, -0.1) is 0 Å². The van der Waals surface area contributed by atoms with E-state index in [2.05, 4.69) is 10.2 Å². The van der Waals surface area contributed by atoms with Crippen LogP contribution in [0.25, 0.3) is 0 Å². The number of hydrogen-bond donors (Lipinski definition) is 1. The van der Waals surface area contributed by atoms with E-state index in [9.17, 15) is 9.59 Å². The summed E-state index contributed by atoms with van der Waals surface area (Å²) >= 11 is 0. The Balaban J connectivity index is 1.42. The van der Waals surface area contributed by atoms with Crippen LogP contribution in [0.15, 0.2) is 0 Å². The molecule has 3 aliphatic heterocycles. The van der Waals surface area contributed by atoms with Gasteiger partial charge in [-0.1, -0.05) is 0 Å². The molecule has 3 aliphatic rings. The molecular weight excluding hydrogens is 296 g/mol. The normalized spacial score (nSPS) is 27.0. The average Bonchev–Trinajstić information content (AvgIpc) is 2.63. The molecule has 0 aromatic rings. The summed E-state index contributed by atoms with van der Waals surface area (Å²) in [5.74, 6) is 0.565. The molecule has 3 saturated heterocycles. The predicted octanol–water partition coefficient (Wildman–Crippen LogP) is -1.01. The summed E-state index contributed by atoms with van der Waals surface area (Å²) in [4.78, 5) is 30.9. The number of morpholine rings is 1. The van der Waals surface area contributed by atoms with Gasteiger partial charge in [0.25, 0.3) is 0 Å². The van der Waals surface area contributed by atoms with Crippen LogP contribution in [0, 0.1) is 5.92 Å². The molecule has 1 N–H and O–H groups in total. The number of carbonyl (C=O) groups excluding carboxylic acids is 2. The van der Waals surface area contributed by atoms with Gasteiger partial charge in [0.15, 0.2) is 0 Å². The van der Waals surface area contributed by atoms with Gasteiger partial charge >= 0.3 is 0 Å². The van der Waals surface area contributed by atoms with Crippen molar-refractivity contribution in [2.24, 2.45) is 5.92 Å². The Morgan fingerprint density at radius 3 is 2.35 bits per heavy atom. The molecule has 0 aromatic carbocycles. The van der Waals surface area contributed by atoms with Gasteiger partial charge < -0.3 is 19.9 Å². The Labute approximate surface area is 137 Å². The minimum atomic E-state index is 0.124. The molecule has 3 rings (SSSR count). The van der Waals surface area contributed by atoms with Gasteiger partial charge in [0.2, 0.25) is 11.8 Å². The lowest BCUT2D eigenvalue weighted by Gasteiger charge is -2.38. The van der Waals surface area contributed by atoms with Crippen molar-refractivity contribution >= 4 is 11.8 Å². The predicted molar refractivity (Wildman–Crippen MR) is 86.0 cm³/mol. The van der Waals surface area contributed by atoms with E-state index in [-0.39, 0.29) is 17.7 Å². The Morgan fingerprint density at radius 2 is 1.70 bits per heavy atom. The first kappa shape index (κ1) is 16.7. The summed E-state index contributed by atoms with van der Waals surface area (Å²) in [5.41, 5.74) is 0. The molecule has 0 bridgehead atoms. The molecule has 23 heavy (non-hydrogen) atoms. The van der Waals surface area contributed by atoms with Crippen molar-refractivity contribution in [1.29, 1.82) is 0 Å². The van der Waals surface area contributed by atoms with Crippen molar-refractivity contribution in [3.8, 4) is 0 Å². The minimum Gasteiger partial charge on any atom is -0.379 e. The first-order valence-electron chi connectivity index (χ1n) is 8.81. The quantitative estimate of drug-likeness (QED) is 0.721. The standard InChI is InChI=1S/C16H28N4O3/c21-15(13-18-8-10-23-11-9-18)19-4-6-20(7-5-19)16(22)14-2-1-3-17-12-14/h14,17H,1-13H2. The number of piperazine rings is 1. The number of ether oxygens (including phenoxy) is 1. The summed E-state index contributed by atoms with van der Waals surface area (Å²) in [7, 11) is 0. The van der Waals surface area contributed by atoms with Crippen LogP contribution < -0.4 is 5.32 Å². The van der Waals surface area contributed by atoms with Crippen molar-refractivity contribution in [2.45, 2.75) is 12.8 Å². The van der Waals surface area contributed by atoms with E-state index < -0.39 is 0 Å². The lowest BCUT2D eigenvalue weighted by Crippen LogP contribution is -2.55. The summed E-state index contributed by atoms with van der Waals surface area (Å²) in [6, 6.07) is 0. The van der Waals surface area contributed by atoms with Gasteiger partial charge in [0, 0.05) is 45.8 Å². The first-order chi connectivity index (χ1) is 11.2. The van der Waals surface area contributed by atoms with E-state index in [1.807, 2.05) is 9.80 Å². The maximum Gasteiger partial charge on any atom is 0.236 e. The molecule has 2 amide bonds. The highest BCUT2D eigenvalue weighted by atomic mass is 16.5. The fourth-order valence-electron chi connectivity index (χ4n) is 3.55. The second kappa shape index (κ2) is 8.08. The Kier molecular flexibility index (Phi) is 5.85. The highest BCUT2D eigenvalue weighted by molar-refractivity contribution is 5.81. The molecule has 3 heterocycles. The molecule has 130 valence electrons. The average molecular weight is 324 g/mol. The maximum absolute atomic E-state index is 12.5. The lowest BCUT2D eigenvalue weighted by atomic mass is 9.98. The second-order valence-electron chi connectivity index (χ2n) is 6.64. The number of piperidine rings is 1. The third-order valence-corrected chi connectivity index (χ3v) is 5.05. The molecule has 7 nitrogen and oxygen atoms in total. The van der Waals surface area contributed by atoms with Gasteiger partial charge in [-0.3, -0.25) is 14.5 Å². The van der Waals surface area contributed by atoms with Crippen LogP contribution >= 0.6 is 0 Å². The first-order valence-corrected chi connectivity index (χ1v) is 8.81. The zero-order chi connectivity index (χ0) is 16.1.